The van der Waals surface area contributed by atoms with Crippen molar-refractivity contribution in [3.05, 3.63) is 71.3 Å². The second-order valence-corrected chi connectivity index (χ2v) is 13.5. The number of ketones is 2. The lowest BCUT2D eigenvalue weighted by atomic mass is 9.97. The Hall–Kier alpha value is -3.78. The maximum absolute atomic E-state index is 13.1. The highest BCUT2D eigenvalue weighted by atomic mass is 16.6. The number of nitrogens with zero attached hydrogens (tertiary/aromatic N) is 2. The van der Waals surface area contributed by atoms with E-state index < -0.39 is 30.3 Å². The van der Waals surface area contributed by atoms with Gasteiger partial charge in [0.15, 0.2) is 18.2 Å². The van der Waals surface area contributed by atoms with Crippen LogP contribution in [0.3, 0.4) is 0 Å². The minimum Gasteiger partial charge on any atom is -0.456 e. The summed E-state index contributed by atoms with van der Waals surface area (Å²) in [5.74, 6) is -0.824. The summed E-state index contributed by atoms with van der Waals surface area (Å²) >= 11 is 0. The molecule has 2 atom stereocenters. The maximum Gasteiger partial charge on any atom is 0.411 e. The van der Waals surface area contributed by atoms with E-state index in [4.69, 9.17) is 9.47 Å². The molecule has 0 saturated carbocycles. The van der Waals surface area contributed by atoms with E-state index in [0.29, 0.717) is 36.9 Å². The molecule has 0 N–H and O–H groups in total. The molecule has 2 heterocycles. The van der Waals surface area contributed by atoms with E-state index in [1.165, 1.54) is 10.5 Å². The first-order chi connectivity index (χ1) is 20.1. The van der Waals surface area contributed by atoms with E-state index in [1.54, 1.807) is 32.9 Å². The van der Waals surface area contributed by atoms with E-state index in [1.807, 2.05) is 36.4 Å². The van der Waals surface area contributed by atoms with Gasteiger partial charge < -0.3 is 9.47 Å². The number of hydrogen-bond donors (Lipinski definition) is 0. The summed E-state index contributed by atoms with van der Waals surface area (Å²) in [4.78, 5) is 54.8. The number of amides is 1. The monoisotopic (exact) mass is 588 g/mol. The zero-order valence-corrected chi connectivity index (χ0v) is 26.4. The van der Waals surface area contributed by atoms with Gasteiger partial charge in [-0.05, 0) is 72.4 Å². The van der Waals surface area contributed by atoms with Gasteiger partial charge in [0.1, 0.15) is 11.6 Å². The molecule has 0 aliphatic carbocycles. The van der Waals surface area contributed by atoms with Crippen LogP contribution in [-0.2, 0) is 14.3 Å². The van der Waals surface area contributed by atoms with Gasteiger partial charge in [-0.15, -0.1) is 0 Å². The SMILES string of the molecule is CC1=CC(CC(=O)c2ccc(-c3ccc(C(=O)COC(=O)C4CCCN4C(=O)OC(C)(C)C)cc3)cc2)N(C(C)(C)C)C1. The highest BCUT2D eigenvalue weighted by Crippen LogP contribution is 2.29. The molecule has 0 aromatic heterocycles. The van der Waals surface area contributed by atoms with Gasteiger partial charge in [-0.2, -0.15) is 0 Å². The van der Waals surface area contributed by atoms with Crippen LogP contribution in [0.2, 0.25) is 0 Å². The fraction of sp³-hybridized carbons (Fsp3) is 0.486. The van der Waals surface area contributed by atoms with Crippen molar-refractivity contribution in [2.75, 3.05) is 19.7 Å². The van der Waals surface area contributed by atoms with E-state index in [-0.39, 0.29) is 23.1 Å². The number of carbonyl (C=O) groups excluding carboxylic acids is 4. The predicted molar refractivity (Wildman–Crippen MR) is 166 cm³/mol. The van der Waals surface area contributed by atoms with Crippen molar-refractivity contribution in [3.8, 4) is 11.1 Å². The third kappa shape index (κ3) is 8.20. The molecule has 0 radical (unpaired) electrons. The summed E-state index contributed by atoms with van der Waals surface area (Å²) in [5.41, 5.74) is 3.53. The molecule has 0 bridgehead atoms. The van der Waals surface area contributed by atoms with Crippen LogP contribution in [-0.4, -0.2) is 76.3 Å². The Labute approximate surface area is 255 Å². The van der Waals surface area contributed by atoms with Gasteiger partial charge in [-0.25, -0.2) is 9.59 Å². The molecule has 2 aliphatic rings. The van der Waals surface area contributed by atoms with Crippen molar-refractivity contribution in [3.63, 3.8) is 0 Å². The Morgan fingerprint density at radius 2 is 1.40 bits per heavy atom. The molecule has 2 aromatic rings. The first-order valence-electron chi connectivity index (χ1n) is 15.0. The highest BCUT2D eigenvalue weighted by Gasteiger charge is 2.38. The number of Topliss-reactive ketones (excluding diaryl/α,β-unsaturated/α-hetero) is 2. The largest absolute Gasteiger partial charge is 0.456 e. The third-order valence-electron chi connectivity index (χ3n) is 7.80. The number of likely N-dealkylation sites (tertiary alicyclic amines) is 1. The Kier molecular flexibility index (Phi) is 9.60. The Morgan fingerprint density at radius 1 is 0.837 bits per heavy atom. The van der Waals surface area contributed by atoms with E-state index in [9.17, 15) is 19.2 Å². The van der Waals surface area contributed by atoms with Gasteiger partial charge in [0.2, 0.25) is 0 Å². The summed E-state index contributed by atoms with van der Waals surface area (Å²) in [5, 5.41) is 0. The highest BCUT2D eigenvalue weighted by molar-refractivity contribution is 5.99. The molecule has 1 fully saturated rings. The van der Waals surface area contributed by atoms with Crippen molar-refractivity contribution >= 4 is 23.6 Å². The molecule has 2 aliphatic heterocycles. The number of rotatable bonds is 8. The van der Waals surface area contributed by atoms with Crippen LogP contribution >= 0.6 is 0 Å². The van der Waals surface area contributed by atoms with Crippen LogP contribution in [0.4, 0.5) is 4.79 Å². The first-order valence-corrected chi connectivity index (χ1v) is 15.0. The number of ether oxygens (including phenoxy) is 2. The molecule has 0 spiro atoms. The average Bonchev–Trinajstić information content (AvgIpc) is 3.58. The lowest BCUT2D eigenvalue weighted by Gasteiger charge is -2.37. The quantitative estimate of drug-likeness (QED) is 0.198. The van der Waals surface area contributed by atoms with Crippen molar-refractivity contribution in [2.24, 2.45) is 0 Å². The smallest absolute Gasteiger partial charge is 0.411 e. The molecular formula is C35H44N2O6. The number of esters is 1. The van der Waals surface area contributed by atoms with E-state index in [2.05, 4.69) is 38.7 Å². The van der Waals surface area contributed by atoms with Crippen LogP contribution in [0.25, 0.3) is 11.1 Å². The minimum atomic E-state index is -0.754. The number of hydrogen-bond acceptors (Lipinski definition) is 7. The zero-order chi connectivity index (χ0) is 31.5. The molecule has 43 heavy (non-hydrogen) atoms. The van der Waals surface area contributed by atoms with Crippen LogP contribution < -0.4 is 0 Å². The van der Waals surface area contributed by atoms with Gasteiger partial charge in [-0.3, -0.25) is 19.4 Å². The molecule has 2 aromatic carbocycles. The second kappa shape index (κ2) is 12.8. The molecule has 230 valence electrons. The van der Waals surface area contributed by atoms with Gasteiger partial charge in [-0.1, -0.05) is 60.2 Å². The molecule has 4 rings (SSSR count). The van der Waals surface area contributed by atoms with Crippen molar-refractivity contribution in [1.82, 2.24) is 9.80 Å². The van der Waals surface area contributed by atoms with Crippen LogP contribution in [0.5, 0.6) is 0 Å². The molecule has 8 heteroatoms. The predicted octanol–water partition coefficient (Wildman–Crippen LogP) is 6.48. The second-order valence-electron chi connectivity index (χ2n) is 13.5. The summed E-state index contributed by atoms with van der Waals surface area (Å²) in [7, 11) is 0. The summed E-state index contributed by atoms with van der Waals surface area (Å²) in [6.45, 7) is 14.8. The fourth-order valence-electron chi connectivity index (χ4n) is 5.63. The van der Waals surface area contributed by atoms with Crippen LogP contribution in [0, 0.1) is 0 Å². The van der Waals surface area contributed by atoms with Gasteiger partial charge in [0.05, 0.1) is 0 Å². The van der Waals surface area contributed by atoms with Crippen molar-refractivity contribution < 1.29 is 28.7 Å². The Morgan fingerprint density at radius 3 is 1.93 bits per heavy atom. The Bertz CT molecular complexity index is 1380. The van der Waals surface area contributed by atoms with Crippen LogP contribution in [0.15, 0.2) is 60.2 Å². The van der Waals surface area contributed by atoms with Gasteiger partial charge >= 0.3 is 12.1 Å². The topological polar surface area (TPSA) is 93.2 Å². The summed E-state index contributed by atoms with van der Waals surface area (Å²) in [6.07, 6.45) is 3.22. The van der Waals surface area contributed by atoms with E-state index in [0.717, 1.165) is 17.7 Å². The minimum absolute atomic E-state index is 0.0167. The molecule has 1 amide bonds. The standard InChI is InChI=1S/C35H44N2O6/c1-23-19-28(37(21-23)34(2,3)4)20-30(38)26-14-10-24(11-15-26)25-12-16-27(17-13-25)31(39)22-42-32(40)29-9-8-18-36(29)33(41)43-35(5,6)7/h10-17,19,28-29H,8-9,18,20-22H2,1-7H3. The van der Waals surface area contributed by atoms with Crippen molar-refractivity contribution in [2.45, 2.75) is 91.0 Å². The molecule has 8 nitrogen and oxygen atoms in total. The molecule has 1 saturated heterocycles. The third-order valence-corrected chi connectivity index (χ3v) is 7.80. The van der Waals surface area contributed by atoms with Crippen molar-refractivity contribution in [1.29, 1.82) is 0 Å². The lowest BCUT2D eigenvalue weighted by Crippen LogP contribution is -2.45. The lowest BCUT2D eigenvalue weighted by molar-refractivity contribution is -0.147. The summed E-state index contributed by atoms with van der Waals surface area (Å²) < 4.78 is 10.7. The van der Waals surface area contributed by atoms with Crippen LogP contribution in [0.1, 0.15) is 88.4 Å². The zero-order valence-electron chi connectivity index (χ0n) is 26.4. The maximum atomic E-state index is 13.1. The fourth-order valence-corrected chi connectivity index (χ4v) is 5.63. The molecule has 2 unspecified atom stereocenters. The van der Waals surface area contributed by atoms with Gasteiger partial charge in [0.25, 0.3) is 0 Å². The molecular weight excluding hydrogens is 544 g/mol. The Balaban J connectivity index is 1.31. The average molecular weight is 589 g/mol. The van der Waals surface area contributed by atoms with Gasteiger partial charge in [0, 0.05) is 42.2 Å². The normalized spacial score (nSPS) is 19.2. The first kappa shape index (κ1) is 32.1. The summed E-state index contributed by atoms with van der Waals surface area (Å²) in [6, 6.07) is 13.9. The van der Waals surface area contributed by atoms with E-state index >= 15 is 0 Å². The number of benzene rings is 2. The number of carbonyl (C=O) groups is 4.